The van der Waals surface area contributed by atoms with E-state index < -0.39 is 0 Å². The van der Waals surface area contributed by atoms with Gasteiger partial charge in [0, 0.05) is 31.5 Å². The second-order valence-corrected chi connectivity index (χ2v) is 9.35. The molecule has 29 heavy (non-hydrogen) atoms. The Kier molecular flexibility index (Phi) is 5.05. The van der Waals surface area contributed by atoms with Crippen molar-refractivity contribution in [3.8, 4) is 11.5 Å². The molecule has 0 bridgehead atoms. The van der Waals surface area contributed by atoms with Crippen molar-refractivity contribution in [1.82, 2.24) is 4.90 Å². The molecule has 1 fully saturated rings. The van der Waals surface area contributed by atoms with Crippen LogP contribution in [-0.4, -0.2) is 36.6 Å². The number of nitrogens with zero attached hydrogens (tertiary/aromatic N) is 1. The van der Waals surface area contributed by atoms with Gasteiger partial charge in [-0.3, -0.25) is 4.79 Å². The van der Waals surface area contributed by atoms with Gasteiger partial charge in [-0.15, -0.1) is 0 Å². The van der Waals surface area contributed by atoms with Crippen LogP contribution in [0.5, 0.6) is 11.5 Å². The quantitative estimate of drug-likeness (QED) is 0.721. The number of likely N-dealkylation sites (tertiary alicyclic amines) is 1. The molecule has 1 spiro atoms. The van der Waals surface area contributed by atoms with Gasteiger partial charge < -0.3 is 14.4 Å². The molecule has 2 aromatic carbocycles. The number of aryl methyl sites for hydroxylation is 1. The van der Waals surface area contributed by atoms with Gasteiger partial charge in [-0.2, -0.15) is 0 Å². The molecule has 2 aliphatic rings. The van der Waals surface area contributed by atoms with E-state index in [1.54, 1.807) is 7.11 Å². The van der Waals surface area contributed by atoms with E-state index in [-0.39, 0.29) is 16.9 Å². The number of para-hydroxylation sites is 1. The number of carbonyl (C=O) groups excluding carboxylic acids is 1. The molecule has 1 saturated heterocycles. The van der Waals surface area contributed by atoms with Gasteiger partial charge in [0.1, 0.15) is 17.1 Å². The van der Waals surface area contributed by atoms with Gasteiger partial charge in [0.05, 0.1) is 7.11 Å². The largest absolute Gasteiger partial charge is 0.496 e. The van der Waals surface area contributed by atoms with Gasteiger partial charge in [-0.1, -0.05) is 45.0 Å². The third-order valence-corrected chi connectivity index (χ3v) is 6.37. The van der Waals surface area contributed by atoms with E-state index in [0.29, 0.717) is 5.56 Å². The molecular formula is C25H31NO3. The SMILES string of the molecule is COc1cc(C(=O)N2CCC3(CCc4ccccc4O3)CC2)ccc1C(C)(C)C. The van der Waals surface area contributed by atoms with E-state index >= 15 is 0 Å². The van der Waals surface area contributed by atoms with Crippen LogP contribution in [0.3, 0.4) is 0 Å². The zero-order chi connectivity index (χ0) is 20.6. The first-order chi connectivity index (χ1) is 13.8. The zero-order valence-corrected chi connectivity index (χ0v) is 18.0. The van der Waals surface area contributed by atoms with Crippen LogP contribution >= 0.6 is 0 Å². The average molecular weight is 394 g/mol. The Labute approximate surface area is 173 Å². The number of benzene rings is 2. The normalized spacial score (nSPS) is 18.1. The van der Waals surface area contributed by atoms with Crippen molar-refractivity contribution in [2.75, 3.05) is 20.2 Å². The summed E-state index contributed by atoms with van der Waals surface area (Å²) < 4.78 is 12.0. The molecule has 4 rings (SSSR count). The minimum Gasteiger partial charge on any atom is -0.496 e. The number of fused-ring (bicyclic) bond motifs is 1. The van der Waals surface area contributed by atoms with Gasteiger partial charge in [0.15, 0.2) is 0 Å². The number of hydrogen-bond acceptors (Lipinski definition) is 3. The summed E-state index contributed by atoms with van der Waals surface area (Å²) in [5.41, 5.74) is 2.95. The third-order valence-electron chi connectivity index (χ3n) is 6.37. The number of piperidine rings is 1. The molecular weight excluding hydrogens is 362 g/mol. The van der Waals surface area contributed by atoms with Crippen LogP contribution in [0.1, 0.15) is 61.5 Å². The molecule has 2 aromatic rings. The Morgan fingerprint density at radius 1 is 1.07 bits per heavy atom. The van der Waals surface area contributed by atoms with Crippen LogP contribution in [0.15, 0.2) is 42.5 Å². The van der Waals surface area contributed by atoms with E-state index in [0.717, 1.165) is 55.8 Å². The predicted octanol–water partition coefficient (Wildman–Crippen LogP) is 4.99. The first-order valence-electron chi connectivity index (χ1n) is 10.6. The summed E-state index contributed by atoms with van der Waals surface area (Å²) in [7, 11) is 1.67. The van der Waals surface area contributed by atoms with Crippen molar-refractivity contribution < 1.29 is 14.3 Å². The molecule has 2 heterocycles. The number of amides is 1. The average Bonchev–Trinajstić information content (AvgIpc) is 2.72. The minimum atomic E-state index is -0.126. The summed E-state index contributed by atoms with van der Waals surface area (Å²) in [4.78, 5) is 15.1. The number of hydrogen-bond donors (Lipinski definition) is 0. The van der Waals surface area contributed by atoms with Crippen molar-refractivity contribution in [2.24, 2.45) is 0 Å². The van der Waals surface area contributed by atoms with Crippen molar-refractivity contribution in [3.05, 3.63) is 59.2 Å². The van der Waals surface area contributed by atoms with Gasteiger partial charge in [0.25, 0.3) is 5.91 Å². The van der Waals surface area contributed by atoms with Gasteiger partial charge >= 0.3 is 0 Å². The van der Waals surface area contributed by atoms with Crippen LogP contribution in [-0.2, 0) is 11.8 Å². The number of ether oxygens (including phenoxy) is 2. The highest BCUT2D eigenvalue weighted by Gasteiger charge is 2.40. The molecule has 0 aromatic heterocycles. The Morgan fingerprint density at radius 2 is 1.79 bits per heavy atom. The lowest BCUT2D eigenvalue weighted by Crippen LogP contribution is -2.51. The molecule has 1 amide bonds. The first kappa shape index (κ1) is 19.8. The van der Waals surface area contributed by atoms with E-state index in [1.165, 1.54) is 5.56 Å². The second kappa shape index (κ2) is 7.40. The molecule has 2 aliphatic heterocycles. The predicted molar refractivity (Wildman–Crippen MR) is 115 cm³/mol. The summed E-state index contributed by atoms with van der Waals surface area (Å²) in [5.74, 6) is 1.87. The Hall–Kier alpha value is -2.49. The van der Waals surface area contributed by atoms with Gasteiger partial charge in [0.2, 0.25) is 0 Å². The third kappa shape index (κ3) is 3.85. The standard InChI is InChI=1S/C25H31NO3/c1-24(2,3)20-10-9-19(17-22(20)28-4)23(27)26-15-13-25(14-16-26)12-11-18-7-5-6-8-21(18)29-25/h5-10,17H,11-16H2,1-4H3. The molecule has 0 radical (unpaired) electrons. The lowest BCUT2D eigenvalue weighted by Gasteiger charge is -2.44. The summed E-state index contributed by atoms with van der Waals surface area (Å²) in [5, 5.41) is 0. The van der Waals surface area contributed by atoms with Crippen molar-refractivity contribution in [1.29, 1.82) is 0 Å². The molecule has 4 nitrogen and oxygen atoms in total. The molecule has 4 heteroatoms. The maximum Gasteiger partial charge on any atom is 0.253 e. The second-order valence-electron chi connectivity index (χ2n) is 9.35. The van der Waals surface area contributed by atoms with Crippen LogP contribution in [0.25, 0.3) is 0 Å². The minimum absolute atomic E-state index is 0.0287. The van der Waals surface area contributed by atoms with E-state index in [2.05, 4.69) is 39.0 Å². The first-order valence-corrected chi connectivity index (χ1v) is 10.6. The highest BCUT2D eigenvalue weighted by molar-refractivity contribution is 5.95. The number of carbonyl (C=O) groups is 1. The number of rotatable bonds is 2. The Balaban J connectivity index is 1.46. The monoisotopic (exact) mass is 393 g/mol. The number of methoxy groups -OCH3 is 1. The fourth-order valence-electron chi connectivity index (χ4n) is 4.55. The maximum absolute atomic E-state index is 13.1. The van der Waals surface area contributed by atoms with Gasteiger partial charge in [-0.25, -0.2) is 0 Å². The van der Waals surface area contributed by atoms with Crippen LogP contribution in [0.4, 0.5) is 0 Å². The maximum atomic E-state index is 13.1. The fourth-order valence-corrected chi connectivity index (χ4v) is 4.55. The smallest absolute Gasteiger partial charge is 0.253 e. The van der Waals surface area contributed by atoms with Crippen molar-refractivity contribution >= 4 is 5.91 Å². The fraction of sp³-hybridized carbons (Fsp3) is 0.480. The summed E-state index contributed by atoms with van der Waals surface area (Å²) >= 11 is 0. The van der Waals surface area contributed by atoms with E-state index in [1.807, 2.05) is 29.2 Å². The van der Waals surface area contributed by atoms with E-state index in [4.69, 9.17) is 9.47 Å². The Bertz CT molecular complexity index is 905. The summed E-state index contributed by atoms with van der Waals surface area (Å²) in [6, 6.07) is 14.2. The lowest BCUT2D eigenvalue weighted by molar-refractivity contribution is -0.0107. The molecule has 0 atom stereocenters. The van der Waals surface area contributed by atoms with Crippen molar-refractivity contribution in [3.63, 3.8) is 0 Å². The van der Waals surface area contributed by atoms with Crippen LogP contribution in [0, 0.1) is 0 Å². The molecule has 0 saturated carbocycles. The highest BCUT2D eigenvalue weighted by atomic mass is 16.5. The summed E-state index contributed by atoms with van der Waals surface area (Å²) in [6.07, 6.45) is 3.84. The highest BCUT2D eigenvalue weighted by Crippen LogP contribution is 2.39. The molecule has 0 aliphatic carbocycles. The van der Waals surface area contributed by atoms with Crippen LogP contribution < -0.4 is 9.47 Å². The van der Waals surface area contributed by atoms with Crippen LogP contribution in [0.2, 0.25) is 0 Å². The molecule has 154 valence electrons. The Morgan fingerprint density at radius 3 is 2.48 bits per heavy atom. The molecule has 0 unspecified atom stereocenters. The van der Waals surface area contributed by atoms with Crippen molar-refractivity contribution in [2.45, 2.75) is 57.5 Å². The van der Waals surface area contributed by atoms with E-state index in [9.17, 15) is 4.79 Å². The zero-order valence-electron chi connectivity index (χ0n) is 18.0. The summed E-state index contributed by atoms with van der Waals surface area (Å²) in [6.45, 7) is 7.91. The van der Waals surface area contributed by atoms with Gasteiger partial charge in [-0.05, 0) is 47.6 Å². The molecule has 0 N–H and O–H groups in total. The lowest BCUT2D eigenvalue weighted by atomic mass is 9.83. The topological polar surface area (TPSA) is 38.8 Å².